The van der Waals surface area contributed by atoms with Gasteiger partial charge < -0.3 is 14.5 Å². The first kappa shape index (κ1) is 27.6. The lowest BCUT2D eigenvalue weighted by molar-refractivity contribution is -0.146. The molecule has 1 aliphatic heterocycles. The minimum Gasteiger partial charge on any atom is -0.493 e. The van der Waals surface area contributed by atoms with Gasteiger partial charge in [0.05, 0.1) is 25.7 Å². The zero-order valence-corrected chi connectivity index (χ0v) is 23.0. The van der Waals surface area contributed by atoms with Crippen LogP contribution >= 0.6 is 0 Å². The molecule has 8 heteroatoms. The molecule has 0 amide bonds. The maximum Gasteiger partial charge on any atom is 0.308 e. The predicted octanol–water partition coefficient (Wildman–Crippen LogP) is 6.89. The van der Waals surface area contributed by atoms with Gasteiger partial charge in [0.15, 0.2) is 0 Å². The van der Waals surface area contributed by atoms with Crippen LogP contribution in [0.5, 0.6) is 5.75 Å². The van der Waals surface area contributed by atoms with Gasteiger partial charge in [-0.2, -0.15) is 0 Å². The van der Waals surface area contributed by atoms with E-state index < -0.39 is 23.3 Å². The molecule has 1 N–H and O–H groups in total. The van der Waals surface area contributed by atoms with Crippen LogP contribution in [0.2, 0.25) is 0 Å². The lowest BCUT2D eigenvalue weighted by Gasteiger charge is -2.43. The zero-order valence-electron chi connectivity index (χ0n) is 23.0. The van der Waals surface area contributed by atoms with Gasteiger partial charge in [-0.15, -0.1) is 0 Å². The van der Waals surface area contributed by atoms with Crippen molar-refractivity contribution in [1.29, 1.82) is 0 Å². The van der Waals surface area contributed by atoms with Gasteiger partial charge in [0, 0.05) is 46.9 Å². The van der Waals surface area contributed by atoms with Gasteiger partial charge in [-0.25, -0.2) is 13.2 Å². The third kappa shape index (κ3) is 5.67. The summed E-state index contributed by atoms with van der Waals surface area (Å²) in [4.78, 5) is 17.0. The molecule has 210 valence electrons. The number of nitrogens with one attached hydrogen (secondary N) is 1. The number of esters is 1. The molecular weight excluding hydrogens is 505 g/mol. The van der Waals surface area contributed by atoms with E-state index in [0.29, 0.717) is 18.7 Å². The molecule has 1 saturated carbocycles. The molecule has 2 aromatic carbocycles. The number of carbonyl (C=O) groups excluding carboxylic acids is 1. The number of halogens is 3. The predicted molar refractivity (Wildman–Crippen MR) is 145 cm³/mol. The van der Waals surface area contributed by atoms with Crippen molar-refractivity contribution in [2.75, 3.05) is 20.3 Å². The van der Waals surface area contributed by atoms with Gasteiger partial charge in [-0.3, -0.25) is 9.69 Å². The number of benzene rings is 2. The van der Waals surface area contributed by atoms with Crippen LogP contribution in [0.3, 0.4) is 0 Å². The molecule has 0 bridgehead atoms. The molecule has 2 heterocycles. The van der Waals surface area contributed by atoms with Crippen molar-refractivity contribution >= 4 is 16.9 Å². The number of aromatic nitrogens is 1. The first-order chi connectivity index (χ1) is 18.6. The van der Waals surface area contributed by atoms with E-state index in [1.165, 1.54) is 33.1 Å². The van der Waals surface area contributed by atoms with E-state index in [-0.39, 0.29) is 41.7 Å². The third-order valence-corrected chi connectivity index (χ3v) is 8.27. The van der Waals surface area contributed by atoms with E-state index in [1.807, 2.05) is 36.1 Å². The van der Waals surface area contributed by atoms with Crippen LogP contribution in [-0.4, -0.2) is 47.8 Å². The monoisotopic (exact) mass is 542 g/mol. The van der Waals surface area contributed by atoms with E-state index in [2.05, 4.69) is 4.98 Å². The van der Waals surface area contributed by atoms with Gasteiger partial charge in [0.2, 0.25) is 0 Å². The summed E-state index contributed by atoms with van der Waals surface area (Å²) >= 11 is 0. The summed E-state index contributed by atoms with van der Waals surface area (Å²) in [7, 11) is 1.40. The molecule has 0 radical (unpaired) electrons. The van der Waals surface area contributed by atoms with Crippen LogP contribution < -0.4 is 4.74 Å². The van der Waals surface area contributed by atoms with E-state index >= 15 is 8.78 Å². The molecule has 5 rings (SSSR count). The number of aromatic amines is 1. The Morgan fingerprint density at radius 2 is 1.77 bits per heavy atom. The molecular formula is C31H37F3N2O3. The molecule has 5 nitrogen and oxygen atoms in total. The molecule has 39 heavy (non-hydrogen) atoms. The van der Waals surface area contributed by atoms with E-state index in [4.69, 9.17) is 9.47 Å². The standard InChI is InChI=1S/C31H37F3N2O3/c1-18-13-23-22-7-5-6-8-26(22)35-28(23)29(36(18)17-31(2,3)34)27-24(32)14-21(15-25(27)33)39-16-19-9-11-20(12-10-19)30(37)38-4/h5-8,14-15,18-20,29,35H,9-13,16-17H2,1-4H3/t18-,19?,20?,29-/m1/s1. The van der Waals surface area contributed by atoms with Gasteiger partial charge in [0.25, 0.3) is 0 Å². The Bertz CT molecular complexity index is 1320. The normalized spacial score (nSPS) is 24.0. The fraction of sp³-hybridized carbons (Fsp3) is 0.516. The van der Waals surface area contributed by atoms with Crippen molar-refractivity contribution in [3.63, 3.8) is 0 Å². The average Bonchev–Trinajstić information content (AvgIpc) is 3.26. The molecule has 3 aromatic rings. The number of fused-ring (bicyclic) bond motifs is 3. The quantitative estimate of drug-likeness (QED) is 0.331. The van der Waals surface area contributed by atoms with Gasteiger partial charge >= 0.3 is 5.97 Å². The van der Waals surface area contributed by atoms with E-state index in [0.717, 1.165) is 42.1 Å². The molecule has 0 spiro atoms. The van der Waals surface area contributed by atoms with Crippen molar-refractivity contribution in [2.24, 2.45) is 11.8 Å². The highest BCUT2D eigenvalue weighted by Gasteiger charge is 2.41. The minimum atomic E-state index is -1.56. The lowest BCUT2D eigenvalue weighted by Crippen LogP contribution is -2.48. The first-order valence-corrected chi connectivity index (χ1v) is 13.8. The number of methoxy groups -OCH3 is 1. The SMILES string of the molecule is COC(=O)C1CCC(COc2cc(F)c([C@@H]3c4[nH]c5ccccc5c4C[C@@H](C)N3CC(C)(C)F)c(F)c2)CC1. The van der Waals surface area contributed by atoms with Crippen molar-refractivity contribution in [3.05, 3.63) is 64.9 Å². The molecule has 2 aliphatic rings. The average molecular weight is 543 g/mol. The van der Waals surface area contributed by atoms with Gasteiger partial charge in [-0.1, -0.05) is 18.2 Å². The van der Waals surface area contributed by atoms with Crippen LogP contribution in [-0.2, 0) is 16.0 Å². The molecule has 0 saturated heterocycles. The second kappa shape index (κ2) is 10.9. The molecule has 1 fully saturated rings. The van der Waals surface area contributed by atoms with Gasteiger partial charge in [0.1, 0.15) is 23.1 Å². The highest BCUT2D eigenvalue weighted by Crippen LogP contribution is 2.44. The second-order valence-corrected chi connectivity index (χ2v) is 11.8. The maximum absolute atomic E-state index is 15.8. The summed E-state index contributed by atoms with van der Waals surface area (Å²) in [5.74, 6) is -1.39. The van der Waals surface area contributed by atoms with Crippen molar-refractivity contribution < 1.29 is 27.4 Å². The number of hydrogen-bond donors (Lipinski definition) is 1. The van der Waals surface area contributed by atoms with Crippen LogP contribution in [0.4, 0.5) is 13.2 Å². The summed E-state index contributed by atoms with van der Waals surface area (Å²) in [6.07, 6.45) is 3.67. The fourth-order valence-corrected chi connectivity index (χ4v) is 6.35. The summed E-state index contributed by atoms with van der Waals surface area (Å²) in [6, 6.07) is 9.34. The Morgan fingerprint density at radius 3 is 2.41 bits per heavy atom. The molecule has 1 aliphatic carbocycles. The summed E-state index contributed by atoms with van der Waals surface area (Å²) < 4.78 is 57.3. The Morgan fingerprint density at radius 1 is 1.10 bits per heavy atom. The maximum atomic E-state index is 15.8. The van der Waals surface area contributed by atoms with Gasteiger partial charge in [-0.05, 0) is 70.4 Å². The highest BCUT2D eigenvalue weighted by molar-refractivity contribution is 5.85. The van der Waals surface area contributed by atoms with E-state index in [9.17, 15) is 9.18 Å². The van der Waals surface area contributed by atoms with Crippen molar-refractivity contribution in [1.82, 2.24) is 9.88 Å². The van der Waals surface area contributed by atoms with Crippen molar-refractivity contribution in [2.45, 2.75) is 70.6 Å². The Balaban J connectivity index is 1.43. The second-order valence-electron chi connectivity index (χ2n) is 11.8. The molecule has 2 atom stereocenters. The number of carbonyl (C=O) groups is 1. The highest BCUT2D eigenvalue weighted by atomic mass is 19.1. The number of para-hydroxylation sites is 1. The molecule has 1 aromatic heterocycles. The van der Waals surface area contributed by atoms with Crippen molar-refractivity contribution in [3.8, 4) is 5.75 Å². The summed E-state index contributed by atoms with van der Waals surface area (Å²) in [5.41, 5.74) is 0.942. The number of nitrogens with zero attached hydrogens (tertiary/aromatic N) is 1. The first-order valence-electron chi connectivity index (χ1n) is 13.8. The third-order valence-electron chi connectivity index (χ3n) is 8.27. The zero-order chi connectivity index (χ0) is 27.9. The van der Waals surface area contributed by atoms with Crippen LogP contribution in [0, 0.1) is 23.5 Å². The van der Waals surface area contributed by atoms with E-state index in [1.54, 1.807) is 0 Å². The lowest BCUT2D eigenvalue weighted by atomic mass is 9.82. The van der Waals surface area contributed by atoms with Crippen LogP contribution in [0.15, 0.2) is 36.4 Å². The number of ether oxygens (including phenoxy) is 2. The Hall–Kier alpha value is -3.00. The number of alkyl halides is 1. The summed E-state index contributed by atoms with van der Waals surface area (Å²) in [5, 5.41) is 1.02. The molecule has 0 unspecified atom stereocenters. The number of rotatable bonds is 7. The largest absolute Gasteiger partial charge is 0.493 e. The van der Waals surface area contributed by atoms with Crippen LogP contribution in [0.1, 0.15) is 69.3 Å². The fourth-order valence-electron chi connectivity index (χ4n) is 6.35. The minimum absolute atomic E-state index is 0.0268. The Labute approximate surface area is 227 Å². The van der Waals surface area contributed by atoms with Crippen LogP contribution in [0.25, 0.3) is 10.9 Å². The summed E-state index contributed by atoms with van der Waals surface area (Å²) in [6.45, 7) is 5.30. The Kier molecular flexibility index (Phi) is 7.68. The smallest absolute Gasteiger partial charge is 0.308 e. The number of hydrogen-bond acceptors (Lipinski definition) is 4. The topological polar surface area (TPSA) is 54.6 Å². The number of H-pyrrole nitrogens is 1.